The zero-order chi connectivity index (χ0) is 23.3. The standard InChI is InChI=1S/C18H14ClF5N6O2/c19-12-6-11(7-13(8-12)32-18(22,23)24)16(31)29(9-14(20)21)5-2-15-27-10-28-30(15)17-25-3-1-4-26-17/h1,3-4,6-8,10,14H,2,5,9H2. The maximum Gasteiger partial charge on any atom is 0.573 e. The van der Waals surface area contributed by atoms with Crippen molar-refractivity contribution in [3.63, 3.8) is 0 Å². The van der Waals surface area contributed by atoms with E-state index in [2.05, 4.69) is 24.8 Å². The third-order valence-corrected chi connectivity index (χ3v) is 4.18. The Morgan fingerprint density at radius 1 is 1.16 bits per heavy atom. The molecule has 1 amide bonds. The number of hydrogen-bond acceptors (Lipinski definition) is 6. The lowest BCUT2D eigenvalue weighted by Gasteiger charge is -2.22. The monoisotopic (exact) mass is 476 g/mol. The second-order valence-electron chi connectivity index (χ2n) is 6.25. The summed E-state index contributed by atoms with van der Waals surface area (Å²) in [6, 6.07) is 4.28. The van der Waals surface area contributed by atoms with Gasteiger partial charge < -0.3 is 9.64 Å². The maximum atomic E-state index is 13.1. The quantitative estimate of drug-likeness (QED) is 0.462. The molecule has 8 nitrogen and oxygen atoms in total. The Morgan fingerprint density at radius 3 is 2.53 bits per heavy atom. The Kier molecular flexibility index (Phi) is 7.18. The maximum absolute atomic E-state index is 13.1. The molecule has 0 fully saturated rings. The topological polar surface area (TPSA) is 86.0 Å². The summed E-state index contributed by atoms with van der Waals surface area (Å²) in [5, 5.41) is 3.75. The van der Waals surface area contributed by atoms with Gasteiger partial charge >= 0.3 is 6.36 Å². The molecule has 170 valence electrons. The van der Waals surface area contributed by atoms with Crippen molar-refractivity contribution in [2.24, 2.45) is 0 Å². The number of hydrogen-bond donors (Lipinski definition) is 0. The van der Waals surface area contributed by atoms with E-state index in [0.717, 1.165) is 23.1 Å². The molecular formula is C18H14ClF5N6O2. The van der Waals surface area contributed by atoms with Gasteiger partial charge in [-0.3, -0.25) is 4.79 Å². The lowest BCUT2D eigenvalue weighted by molar-refractivity contribution is -0.274. The lowest BCUT2D eigenvalue weighted by atomic mass is 10.1. The predicted molar refractivity (Wildman–Crippen MR) is 101 cm³/mol. The van der Waals surface area contributed by atoms with Crippen molar-refractivity contribution in [3.8, 4) is 11.7 Å². The van der Waals surface area contributed by atoms with Crippen molar-refractivity contribution in [1.29, 1.82) is 0 Å². The van der Waals surface area contributed by atoms with Gasteiger partial charge in [0, 0.05) is 35.9 Å². The molecule has 0 aliphatic rings. The van der Waals surface area contributed by atoms with Crippen molar-refractivity contribution in [2.45, 2.75) is 19.2 Å². The first-order chi connectivity index (χ1) is 15.1. The van der Waals surface area contributed by atoms with Gasteiger partial charge in [0.2, 0.25) is 0 Å². The highest BCUT2D eigenvalue weighted by atomic mass is 35.5. The van der Waals surface area contributed by atoms with Gasteiger partial charge in [0.05, 0.1) is 6.54 Å². The first-order valence-corrected chi connectivity index (χ1v) is 9.30. The fourth-order valence-electron chi connectivity index (χ4n) is 2.74. The summed E-state index contributed by atoms with van der Waals surface area (Å²) >= 11 is 5.78. The number of alkyl halides is 5. The van der Waals surface area contributed by atoms with Crippen molar-refractivity contribution in [1.82, 2.24) is 29.6 Å². The number of nitrogens with zero attached hydrogens (tertiary/aromatic N) is 6. The Morgan fingerprint density at radius 2 is 1.88 bits per heavy atom. The fourth-order valence-corrected chi connectivity index (χ4v) is 2.97. The fraction of sp³-hybridized carbons (Fsp3) is 0.278. The molecule has 32 heavy (non-hydrogen) atoms. The average molecular weight is 477 g/mol. The highest BCUT2D eigenvalue weighted by Gasteiger charge is 2.32. The van der Waals surface area contributed by atoms with Crippen LogP contribution in [-0.2, 0) is 6.42 Å². The van der Waals surface area contributed by atoms with E-state index >= 15 is 0 Å². The largest absolute Gasteiger partial charge is 0.573 e. The van der Waals surface area contributed by atoms with Crippen LogP contribution in [0.1, 0.15) is 16.2 Å². The minimum atomic E-state index is -5.02. The molecule has 0 atom stereocenters. The number of carbonyl (C=O) groups is 1. The summed E-state index contributed by atoms with van der Waals surface area (Å²) in [5.74, 6) is -1.22. The van der Waals surface area contributed by atoms with Crippen molar-refractivity contribution < 1.29 is 31.5 Å². The highest BCUT2D eigenvalue weighted by Crippen LogP contribution is 2.27. The first-order valence-electron chi connectivity index (χ1n) is 8.92. The summed E-state index contributed by atoms with van der Waals surface area (Å²) in [4.78, 5) is 25.6. The summed E-state index contributed by atoms with van der Waals surface area (Å²) in [7, 11) is 0. The second-order valence-corrected chi connectivity index (χ2v) is 6.69. The van der Waals surface area contributed by atoms with Crippen LogP contribution in [-0.4, -0.2) is 61.4 Å². The molecule has 0 N–H and O–H groups in total. The molecular weight excluding hydrogens is 463 g/mol. The molecule has 3 aromatic rings. The molecule has 1 aromatic carbocycles. The zero-order valence-corrected chi connectivity index (χ0v) is 16.8. The van der Waals surface area contributed by atoms with Gasteiger partial charge in [-0.15, -0.1) is 13.2 Å². The molecule has 0 unspecified atom stereocenters. The van der Waals surface area contributed by atoms with Crippen LogP contribution >= 0.6 is 11.6 Å². The summed E-state index contributed by atoms with van der Waals surface area (Å²) in [5.41, 5.74) is -0.342. The van der Waals surface area contributed by atoms with Crippen LogP contribution in [0.4, 0.5) is 22.0 Å². The summed E-state index contributed by atoms with van der Waals surface area (Å²) in [6.07, 6.45) is -3.76. The third-order valence-electron chi connectivity index (χ3n) is 3.96. The molecule has 14 heteroatoms. The Balaban J connectivity index is 1.81. The van der Waals surface area contributed by atoms with Gasteiger partial charge in [-0.1, -0.05) is 11.6 Å². The number of carbonyl (C=O) groups excluding carboxylic acids is 1. The number of amides is 1. The van der Waals surface area contributed by atoms with E-state index in [1.807, 2.05) is 0 Å². The molecule has 0 spiro atoms. The van der Waals surface area contributed by atoms with Gasteiger partial charge in [-0.05, 0) is 24.3 Å². The van der Waals surface area contributed by atoms with Crippen LogP contribution in [0.3, 0.4) is 0 Å². The minimum Gasteiger partial charge on any atom is -0.406 e. The van der Waals surface area contributed by atoms with E-state index in [-0.39, 0.29) is 35.3 Å². The van der Waals surface area contributed by atoms with E-state index in [4.69, 9.17) is 11.6 Å². The molecule has 0 aliphatic heterocycles. The van der Waals surface area contributed by atoms with E-state index < -0.39 is 31.0 Å². The molecule has 0 radical (unpaired) electrons. The van der Waals surface area contributed by atoms with Gasteiger partial charge in [0.15, 0.2) is 0 Å². The Hall–Kier alpha value is -3.35. The van der Waals surface area contributed by atoms with Crippen molar-refractivity contribution in [2.75, 3.05) is 13.1 Å². The first kappa shape index (κ1) is 23.3. The number of halogens is 6. The molecule has 0 bridgehead atoms. The lowest BCUT2D eigenvalue weighted by Crippen LogP contribution is -2.37. The van der Waals surface area contributed by atoms with E-state index in [0.29, 0.717) is 0 Å². The predicted octanol–water partition coefficient (Wildman–Crippen LogP) is 3.56. The van der Waals surface area contributed by atoms with Crippen LogP contribution in [0.15, 0.2) is 43.0 Å². The van der Waals surface area contributed by atoms with Gasteiger partial charge in [0.25, 0.3) is 18.3 Å². The van der Waals surface area contributed by atoms with Gasteiger partial charge in [0.1, 0.15) is 17.9 Å². The molecule has 2 heterocycles. The van der Waals surface area contributed by atoms with Gasteiger partial charge in [-0.25, -0.2) is 23.7 Å². The van der Waals surface area contributed by atoms with Crippen molar-refractivity contribution in [3.05, 3.63) is 59.4 Å². The smallest absolute Gasteiger partial charge is 0.406 e. The zero-order valence-electron chi connectivity index (χ0n) is 16.0. The molecule has 2 aromatic heterocycles. The van der Waals surface area contributed by atoms with E-state index in [1.165, 1.54) is 23.4 Å². The Bertz CT molecular complexity index is 1060. The average Bonchev–Trinajstić information content (AvgIpc) is 3.18. The summed E-state index contributed by atoms with van der Waals surface area (Å²) < 4.78 is 68.8. The van der Waals surface area contributed by atoms with Crippen molar-refractivity contribution >= 4 is 17.5 Å². The third kappa shape index (κ3) is 6.33. The Labute approximate surface area is 182 Å². The highest BCUT2D eigenvalue weighted by molar-refractivity contribution is 6.31. The minimum absolute atomic E-state index is 0.0107. The molecule has 0 saturated heterocycles. The van der Waals surface area contributed by atoms with Crippen LogP contribution < -0.4 is 4.74 Å². The van der Waals surface area contributed by atoms with Crippen LogP contribution in [0, 0.1) is 0 Å². The van der Waals surface area contributed by atoms with Crippen LogP contribution in [0.2, 0.25) is 5.02 Å². The van der Waals surface area contributed by atoms with E-state index in [1.54, 1.807) is 6.07 Å². The second kappa shape index (κ2) is 9.85. The normalized spacial score (nSPS) is 11.6. The van der Waals surface area contributed by atoms with Crippen LogP contribution in [0.5, 0.6) is 5.75 Å². The van der Waals surface area contributed by atoms with Crippen LogP contribution in [0.25, 0.3) is 5.95 Å². The number of benzene rings is 1. The summed E-state index contributed by atoms with van der Waals surface area (Å²) in [6.45, 7) is -1.20. The molecule has 3 rings (SSSR count). The molecule has 0 saturated carbocycles. The number of aromatic nitrogens is 5. The van der Waals surface area contributed by atoms with E-state index in [9.17, 15) is 26.7 Å². The van der Waals surface area contributed by atoms with Gasteiger partial charge in [-0.2, -0.15) is 9.78 Å². The number of rotatable bonds is 8. The number of ether oxygens (including phenoxy) is 1. The molecule has 0 aliphatic carbocycles. The SMILES string of the molecule is O=C(c1cc(Cl)cc(OC(F)(F)F)c1)N(CCc1ncnn1-c1ncccn1)CC(F)F.